The van der Waals surface area contributed by atoms with Crippen LogP contribution in [0.4, 0.5) is 5.82 Å². The number of aromatic nitrogens is 1. The first kappa shape index (κ1) is 16.3. The highest BCUT2D eigenvalue weighted by molar-refractivity contribution is 5.94. The summed E-state index contributed by atoms with van der Waals surface area (Å²) < 4.78 is 10.9. The molecule has 5 heteroatoms. The molecule has 1 aliphatic rings. The number of carbonyl (C=O) groups excluding carboxylic acids is 1. The van der Waals surface area contributed by atoms with Crippen molar-refractivity contribution < 1.29 is 14.3 Å². The number of aryl methyl sites for hydroxylation is 1. The molecular formula is C19H22N2O3. The molecule has 0 saturated carbocycles. The van der Waals surface area contributed by atoms with Crippen molar-refractivity contribution in [2.45, 2.75) is 19.8 Å². The van der Waals surface area contributed by atoms with E-state index in [0.29, 0.717) is 12.2 Å². The van der Waals surface area contributed by atoms with Gasteiger partial charge in [0.2, 0.25) is 0 Å². The molecule has 0 amide bonds. The smallest absolute Gasteiger partial charge is 0.342 e. The number of esters is 1. The Bertz CT molecular complexity index is 697. The number of ether oxygens (including phenoxy) is 2. The van der Waals surface area contributed by atoms with E-state index in [1.165, 1.54) is 0 Å². The van der Waals surface area contributed by atoms with Crippen LogP contribution in [0.15, 0.2) is 42.6 Å². The lowest BCUT2D eigenvalue weighted by Crippen LogP contribution is -2.23. The van der Waals surface area contributed by atoms with Crippen molar-refractivity contribution in [2.75, 3.05) is 31.2 Å². The molecule has 0 bridgehead atoms. The molecular weight excluding hydrogens is 304 g/mol. The zero-order valence-corrected chi connectivity index (χ0v) is 13.9. The summed E-state index contributed by atoms with van der Waals surface area (Å²) in [6.07, 6.45) is 3.98. The minimum atomic E-state index is -0.349. The molecule has 24 heavy (non-hydrogen) atoms. The molecule has 0 aliphatic carbocycles. The lowest BCUT2D eigenvalue weighted by Gasteiger charge is -2.19. The molecule has 1 aromatic heterocycles. The van der Waals surface area contributed by atoms with Crippen molar-refractivity contribution in [3.63, 3.8) is 0 Å². The van der Waals surface area contributed by atoms with Crippen LogP contribution in [0, 0.1) is 6.92 Å². The third kappa shape index (κ3) is 4.04. The highest BCUT2D eigenvalue weighted by Crippen LogP contribution is 2.22. The number of pyridine rings is 1. The van der Waals surface area contributed by atoms with Crippen LogP contribution in [0.3, 0.4) is 0 Å². The number of anilines is 1. The number of hydrogen-bond donors (Lipinski definition) is 0. The van der Waals surface area contributed by atoms with Gasteiger partial charge < -0.3 is 14.4 Å². The van der Waals surface area contributed by atoms with Crippen LogP contribution < -0.4 is 9.64 Å². The van der Waals surface area contributed by atoms with Gasteiger partial charge in [0.05, 0.1) is 0 Å². The summed E-state index contributed by atoms with van der Waals surface area (Å²) in [6.45, 7) is 4.42. The van der Waals surface area contributed by atoms with Crippen LogP contribution >= 0.6 is 0 Å². The van der Waals surface area contributed by atoms with Crippen molar-refractivity contribution in [3.8, 4) is 5.75 Å². The van der Waals surface area contributed by atoms with Crippen LogP contribution in [0.5, 0.6) is 5.75 Å². The van der Waals surface area contributed by atoms with E-state index < -0.39 is 0 Å². The first-order valence-corrected chi connectivity index (χ1v) is 8.30. The fraction of sp³-hybridized carbons (Fsp3) is 0.368. The molecule has 1 saturated heterocycles. The predicted octanol–water partition coefficient (Wildman–Crippen LogP) is 3.23. The molecule has 0 N–H and O–H groups in total. The molecule has 5 nitrogen and oxygen atoms in total. The maximum atomic E-state index is 12.3. The largest absolute Gasteiger partial charge is 0.490 e. The standard InChI is InChI=1S/C19H22N2O3/c1-15-6-4-7-16(14-15)23-12-13-24-19(22)17-8-5-9-20-18(17)21-10-2-3-11-21/h4-9,14H,2-3,10-13H2,1H3. The molecule has 0 unspecified atom stereocenters. The molecule has 0 radical (unpaired) electrons. The van der Waals surface area contributed by atoms with Gasteiger partial charge in [0.25, 0.3) is 0 Å². The minimum Gasteiger partial charge on any atom is -0.490 e. The Hall–Kier alpha value is -2.56. The third-order valence-corrected chi connectivity index (χ3v) is 3.99. The van der Waals surface area contributed by atoms with Crippen LogP contribution in [0.1, 0.15) is 28.8 Å². The summed E-state index contributed by atoms with van der Waals surface area (Å²) in [6, 6.07) is 11.3. The SMILES string of the molecule is Cc1cccc(OCCOC(=O)c2cccnc2N2CCCC2)c1. The van der Waals surface area contributed by atoms with E-state index in [0.717, 1.165) is 43.1 Å². The zero-order valence-electron chi connectivity index (χ0n) is 13.9. The molecule has 2 heterocycles. The summed E-state index contributed by atoms with van der Waals surface area (Å²) in [4.78, 5) is 18.8. The predicted molar refractivity (Wildman–Crippen MR) is 92.6 cm³/mol. The quantitative estimate of drug-likeness (QED) is 0.602. The lowest BCUT2D eigenvalue weighted by atomic mass is 10.2. The van der Waals surface area contributed by atoms with Crippen LogP contribution in [-0.4, -0.2) is 37.3 Å². The molecule has 3 rings (SSSR count). The fourth-order valence-corrected chi connectivity index (χ4v) is 2.81. The van der Waals surface area contributed by atoms with Gasteiger partial charge in [-0.2, -0.15) is 0 Å². The summed E-state index contributed by atoms with van der Waals surface area (Å²) in [5, 5.41) is 0. The average Bonchev–Trinajstić information content (AvgIpc) is 3.13. The Morgan fingerprint density at radius 2 is 2.00 bits per heavy atom. The summed E-state index contributed by atoms with van der Waals surface area (Å²) in [5.41, 5.74) is 1.66. The molecule has 0 spiro atoms. The maximum Gasteiger partial charge on any atom is 0.342 e. The van der Waals surface area contributed by atoms with Gasteiger partial charge in [-0.05, 0) is 49.6 Å². The highest BCUT2D eigenvalue weighted by atomic mass is 16.6. The summed E-state index contributed by atoms with van der Waals surface area (Å²) in [7, 11) is 0. The Labute approximate surface area is 142 Å². The van der Waals surface area contributed by atoms with E-state index in [1.807, 2.05) is 31.2 Å². The monoisotopic (exact) mass is 326 g/mol. The molecule has 1 aliphatic heterocycles. The molecule has 126 valence electrons. The van der Waals surface area contributed by atoms with Crippen molar-refractivity contribution in [3.05, 3.63) is 53.7 Å². The molecule has 1 aromatic carbocycles. The van der Waals surface area contributed by atoms with Gasteiger partial charge in [-0.3, -0.25) is 0 Å². The Morgan fingerprint density at radius 1 is 1.17 bits per heavy atom. The zero-order chi connectivity index (χ0) is 16.8. The van der Waals surface area contributed by atoms with Crippen molar-refractivity contribution in [1.29, 1.82) is 0 Å². The Morgan fingerprint density at radius 3 is 2.79 bits per heavy atom. The van der Waals surface area contributed by atoms with E-state index in [1.54, 1.807) is 18.3 Å². The highest BCUT2D eigenvalue weighted by Gasteiger charge is 2.21. The normalized spacial score (nSPS) is 13.8. The second kappa shape index (κ2) is 7.81. The Balaban J connectivity index is 1.54. The van der Waals surface area contributed by atoms with Gasteiger partial charge in [0.1, 0.15) is 30.3 Å². The average molecular weight is 326 g/mol. The van der Waals surface area contributed by atoms with Gasteiger partial charge >= 0.3 is 5.97 Å². The number of hydrogen-bond acceptors (Lipinski definition) is 5. The van der Waals surface area contributed by atoms with Crippen LogP contribution in [-0.2, 0) is 4.74 Å². The number of benzene rings is 1. The topological polar surface area (TPSA) is 51.7 Å². The summed E-state index contributed by atoms with van der Waals surface area (Å²) in [5.74, 6) is 1.16. The van der Waals surface area contributed by atoms with Gasteiger partial charge in [0.15, 0.2) is 0 Å². The molecule has 0 atom stereocenters. The number of nitrogens with zero attached hydrogens (tertiary/aromatic N) is 2. The lowest BCUT2D eigenvalue weighted by molar-refractivity contribution is 0.0450. The molecule has 1 fully saturated rings. The van der Waals surface area contributed by atoms with Crippen molar-refractivity contribution >= 4 is 11.8 Å². The van der Waals surface area contributed by atoms with Crippen LogP contribution in [0.2, 0.25) is 0 Å². The number of carbonyl (C=O) groups is 1. The van der Waals surface area contributed by atoms with E-state index in [-0.39, 0.29) is 12.6 Å². The second-order valence-electron chi connectivity index (χ2n) is 5.87. The Kier molecular flexibility index (Phi) is 5.31. The van der Waals surface area contributed by atoms with Gasteiger partial charge in [-0.25, -0.2) is 9.78 Å². The van der Waals surface area contributed by atoms with E-state index in [2.05, 4.69) is 9.88 Å². The minimum absolute atomic E-state index is 0.209. The van der Waals surface area contributed by atoms with Gasteiger partial charge in [0, 0.05) is 19.3 Å². The second-order valence-corrected chi connectivity index (χ2v) is 5.87. The van der Waals surface area contributed by atoms with Crippen LogP contribution in [0.25, 0.3) is 0 Å². The van der Waals surface area contributed by atoms with Gasteiger partial charge in [-0.15, -0.1) is 0 Å². The third-order valence-electron chi connectivity index (χ3n) is 3.99. The number of rotatable bonds is 6. The first-order chi connectivity index (χ1) is 11.7. The summed E-state index contributed by atoms with van der Waals surface area (Å²) >= 11 is 0. The van der Waals surface area contributed by atoms with Crippen molar-refractivity contribution in [2.24, 2.45) is 0 Å². The van der Waals surface area contributed by atoms with E-state index in [9.17, 15) is 4.79 Å². The van der Waals surface area contributed by atoms with E-state index >= 15 is 0 Å². The first-order valence-electron chi connectivity index (χ1n) is 8.30. The maximum absolute atomic E-state index is 12.3. The van der Waals surface area contributed by atoms with Crippen molar-refractivity contribution in [1.82, 2.24) is 4.98 Å². The fourth-order valence-electron chi connectivity index (χ4n) is 2.81. The molecule has 2 aromatic rings. The van der Waals surface area contributed by atoms with E-state index in [4.69, 9.17) is 9.47 Å². The van der Waals surface area contributed by atoms with Gasteiger partial charge in [-0.1, -0.05) is 12.1 Å².